The van der Waals surface area contributed by atoms with Gasteiger partial charge in [-0.3, -0.25) is 0 Å². The maximum Gasteiger partial charge on any atom is 0.131 e. The molecular weight excluding hydrogens is 300 g/mol. The molecule has 2 rings (SSSR count). The van der Waals surface area contributed by atoms with Crippen molar-refractivity contribution in [1.82, 2.24) is 4.98 Å². The topological polar surface area (TPSA) is 57.4 Å². The Balaban J connectivity index is 2.59. The van der Waals surface area contributed by atoms with Crippen molar-refractivity contribution in [2.45, 2.75) is 33.3 Å². The van der Waals surface area contributed by atoms with Crippen LogP contribution in [0.2, 0.25) is 0 Å². The van der Waals surface area contributed by atoms with E-state index >= 15 is 0 Å². The van der Waals surface area contributed by atoms with Crippen LogP contribution in [0.1, 0.15) is 32.9 Å². The minimum absolute atomic E-state index is 0.0475. The molecule has 0 unspecified atom stereocenters. The molecule has 0 saturated carbocycles. The van der Waals surface area contributed by atoms with Crippen molar-refractivity contribution < 1.29 is 9.47 Å². The van der Waals surface area contributed by atoms with E-state index < -0.39 is 0 Å². The molecule has 1 heterocycles. The van der Waals surface area contributed by atoms with E-state index in [2.05, 4.69) is 0 Å². The van der Waals surface area contributed by atoms with E-state index in [1.54, 1.807) is 7.11 Å². The second-order valence-electron chi connectivity index (χ2n) is 5.64. The van der Waals surface area contributed by atoms with E-state index in [0.29, 0.717) is 6.54 Å². The summed E-state index contributed by atoms with van der Waals surface area (Å²) < 4.78 is 11.5. The molecule has 0 bridgehead atoms. The molecule has 4 nitrogen and oxygen atoms in total. The number of nitrogens with zero attached hydrogens (tertiary/aromatic N) is 1. The number of rotatable bonds is 7. The van der Waals surface area contributed by atoms with E-state index in [1.807, 2.05) is 63.3 Å². The zero-order valence-electron chi connectivity index (χ0n) is 14.9. The summed E-state index contributed by atoms with van der Waals surface area (Å²) in [6.07, 6.45) is 6.94. The summed E-state index contributed by atoms with van der Waals surface area (Å²) in [5.41, 5.74) is 8.43. The second-order valence-corrected chi connectivity index (χ2v) is 5.64. The first-order valence-corrected chi connectivity index (χ1v) is 8.27. The van der Waals surface area contributed by atoms with Gasteiger partial charge in [-0.15, -0.1) is 0 Å². The molecule has 0 spiro atoms. The lowest BCUT2D eigenvalue weighted by atomic mass is 10.1. The van der Waals surface area contributed by atoms with Gasteiger partial charge in [-0.25, -0.2) is 4.98 Å². The van der Waals surface area contributed by atoms with Crippen LogP contribution in [0.5, 0.6) is 11.5 Å². The van der Waals surface area contributed by atoms with Crippen LogP contribution >= 0.6 is 0 Å². The van der Waals surface area contributed by atoms with Crippen LogP contribution in [0, 0.1) is 0 Å². The van der Waals surface area contributed by atoms with Gasteiger partial charge in [0, 0.05) is 17.5 Å². The lowest BCUT2D eigenvalue weighted by Crippen LogP contribution is -2.17. The molecule has 0 radical (unpaired) electrons. The minimum Gasteiger partial charge on any atom is -0.497 e. The molecule has 0 aliphatic heterocycles. The maximum absolute atomic E-state index is 6.14. The molecule has 24 heavy (non-hydrogen) atoms. The van der Waals surface area contributed by atoms with Gasteiger partial charge in [-0.05, 0) is 51.4 Å². The summed E-state index contributed by atoms with van der Waals surface area (Å²) in [6, 6.07) is 7.84. The highest BCUT2D eigenvalue weighted by molar-refractivity contribution is 5.89. The van der Waals surface area contributed by atoms with Crippen LogP contribution in [0.3, 0.4) is 0 Å². The monoisotopic (exact) mass is 326 g/mol. The molecule has 0 fully saturated rings. The Morgan fingerprint density at radius 1 is 1.29 bits per heavy atom. The summed E-state index contributed by atoms with van der Waals surface area (Å²) >= 11 is 0. The first-order chi connectivity index (χ1) is 11.6. The molecule has 1 atom stereocenters. The molecule has 2 aromatic rings. The predicted molar refractivity (Wildman–Crippen MR) is 101 cm³/mol. The summed E-state index contributed by atoms with van der Waals surface area (Å²) in [4.78, 5) is 4.78. The number of hydrogen-bond donors (Lipinski definition) is 1. The normalized spacial score (nSPS) is 13.5. The maximum atomic E-state index is 6.14. The third kappa shape index (κ3) is 4.15. The number of ether oxygens (including phenoxy) is 2. The van der Waals surface area contributed by atoms with Crippen molar-refractivity contribution in [1.29, 1.82) is 0 Å². The lowest BCUT2D eigenvalue weighted by Gasteiger charge is -2.17. The summed E-state index contributed by atoms with van der Waals surface area (Å²) in [5, 5.41) is 0.972. The number of benzene rings is 1. The molecule has 0 aliphatic rings. The Labute approximate surface area is 144 Å². The fourth-order valence-corrected chi connectivity index (χ4v) is 2.57. The summed E-state index contributed by atoms with van der Waals surface area (Å²) in [5.74, 6) is 1.60. The van der Waals surface area contributed by atoms with Gasteiger partial charge in [0.2, 0.25) is 0 Å². The first kappa shape index (κ1) is 18.0. The van der Waals surface area contributed by atoms with Crippen LogP contribution < -0.4 is 15.2 Å². The molecule has 2 N–H and O–H groups in total. The van der Waals surface area contributed by atoms with Gasteiger partial charge < -0.3 is 15.2 Å². The third-order valence-corrected chi connectivity index (χ3v) is 3.83. The third-order valence-electron chi connectivity index (χ3n) is 3.83. The Kier molecular flexibility index (Phi) is 6.38. The number of hydrogen-bond acceptors (Lipinski definition) is 4. The van der Waals surface area contributed by atoms with Crippen LogP contribution in [-0.4, -0.2) is 24.7 Å². The van der Waals surface area contributed by atoms with E-state index in [-0.39, 0.29) is 6.10 Å². The van der Waals surface area contributed by atoms with Gasteiger partial charge >= 0.3 is 0 Å². The zero-order chi connectivity index (χ0) is 17.5. The largest absolute Gasteiger partial charge is 0.497 e. The van der Waals surface area contributed by atoms with Gasteiger partial charge in [-0.2, -0.15) is 0 Å². The van der Waals surface area contributed by atoms with Crippen LogP contribution in [0.15, 0.2) is 42.5 Å². The van der Waals surface area contributed by atoms with Crippen molar-refractivity contribution in [2.24, 2.45) is 5.73 Å². The van der Waals surface area contributed by atoms with Crippen molar-refractivity contribution in [2.75, 3.05) is 13.7 Å². The van der Waals surface area contributed by atoms with E-state index in [4.69, 9.17) is 20.2 Å². The second kappa shape index (κ2) is 8.50. The predicted octanol–water partition coefficient (Wildman–Crippen LogP) is 4.34. The molecule has 0 saturated heterocycles. The van der Waals surface area contributed by atoms with Gasteiger partial charge in [0.05, 0.1) is 24.4 Å². The Hall–Kier alpha value is -2.33. The van der Waals surface area contributed by atoms with Crippen molar-refractivity contribution in [3.63, 3.8) is 0 Å². The van der Waals surface area contributed by atoms with Gasteiger partial charge in [0.15, 0.2) is 0 Å². The van der Waals surface area contributed by atoms with Gasteiger partial charge in [0.1, 0.15) is 11.5 Å². The number of aromatic nitrogens is 1. The van der Waals surface area contributed by atoms with E-state index in [0.717, 1.165) is 40.1 Å². The first-order valence-electron chi connectivity index (χ1n) is 8.27. The van der Waals surface area contributed by atoms with Crippen LogP contribution in [-0.2, 0) is 0 Å². The van der Waals surface area contributed by atoms with Crippen molar-refractivity contribution in [3.8, 4) is 11.5 Å². The zero-order valence-corrected chi connectivity index (χ0v) is 14.9. The van der Waals surface area contributed by atoms with Crippen LogP contribution in [0.4, 0.5) is 0 Å². The van der Waals surface area contributed by atoms with Crippen LogP contribution in [0.25, 0.3) is 16.5 Å². The highest BCUT2D eigenvalue weighted by Crippen LogP contribution is 2.31. The SMILES string of the molecule is C/C=C\C(=C/C)c1cc(O[C@@H](C)CCN)c2ccc(OC)cc2n1. The van der Waals surface area contributed by atoms with Crippen molar-refractivity contribution >= 4 is 16.5 Å². The fourth-order valence-electron chi connectivity index (χ4n) is 2.57. The minimum atomic E-state index is 0.0475. The Morgan fingerprint density at radius 3 is 2.71 bits per heavy atom. The number of allylic oxidation sites excluding steroid dienone is 4. The van der Waals surface area contributed by atoms with E-state index in [1.165, 1.54) is 0 Å². The number of methoxy groups -OCH3 is 1. The molecule has 1 aromatic heterocycles. The standard InChI is InChI=1S/C20H26N2O2/c1-5-7-15(6-2)18-13-20(24-14(3)10-11-21)17-9-8-16(23-4)12-19(17)22-18/h5-9,12-14H,10-11,21H2,1-4H3/b7-5-,15-6+/t14-/m0/s1. The molecule has 0 amide bonds. The average molecular weight is 326 g/mol. The van der Waals surface area contributed by atoms with E-state index in [9.17, 15) is 0 Å². The smallest absolute Gasteiger partial charge is 0.131 e. The summed E-state index contributed by atoms with van der Waals surface area (Å²) in [7, 11) is 1.66. The Morgan fingerprint density at radius 2 is 2.08 bits per heavy atom. The molecule has 4 heteroatoms. The number of fused-ring (bicyclic) bond motifs is 1. The lowest BCUT2D eigenvalue weighted by molar-refractivity contribution is 0.216. The molecular formula is C20H26N2O2. The highest BCUT2D eigenvalue weighted by Gasteiger charge is 2.12. The highest BCUT2D eigenvalue weighted by atomic mass is 16.5. The van der Waals surface area contributed by atoms with Gasteiger partial charge in [-0.1, -0.05) is 18.2 Å². The molecule has 0 aliphatic carbocycles. The number of nitrogens with two attached hydrogens (primary N) is 1. The molecule has 128 valence electrons. The number of pyridine rings is 1. The average Bonchev–Trinajstić information content (AvgIpc) is 2.59. The quantitative estimate of drug-likeness (QED) is 0.769. The van der Waals surface area contributed by atoms with Gasteiger partial charge in [0.25, 0.3) is 0 Å². The fraction of sp³-hybridized carbons (Fsp3) is 0.350. The van der Waals surface area contributed by atoms with Crippen molar-refractivity contribution in [3.05, 3.63) is 48.2 Å². The molecule has 1 aromatic carbocycles. The summed E-state index contributed by atoms with van der Waals surface area (Å²) in [6.45, 7) is 6.63. The Bertz CT molecular complexity index is 751.